The van der Waals surface area contributed by atoms with Crippen molar-refractivity contribution in [3.8, 4) is 22.3 Å². The Morgan fingerprint density at radius 2 is 0.606 bits per heavy atom. The summed E-state index contributed by atoms with van der Waals surface area (Å²) in [6, 6.07) is 149. The van der Waals surface area contributed by atoms with Gasteiger partial charge >= 0.3 is 0 Å². The Morgan fingerprint density at radius 3 is 1.10 bits per heavy atom. The molecule has 0 fully saturated rings. The summed E-state index contributed by atoms with van der Waals surface area (Å²) in [7, 11) is 0. The third-order valence-corrected chi connectivity index (χ3v) is 23.6. The van der Waals surface area contributed by atoms with Crippen LogP contribution in [0.4, 0.5) is 22.7 Å². The van der Waals surface area contributed by atoms with Gasteiger partial charge in [-0.25, -0.2) is 0 Å². The van der Waals surface area contributed by atoms with Crippen LogP contribution >= 0.6 is 89.9 Å². The number of para-hydroxylation sites is 3. The van der Waals surface area contributed by atoms with E-state index in [0.717, 1.165) is 87.8 Å². The van der Waals surface area contributed by atoms with Gasteiger partial charge in [0.1, 0.15) is 38.3 Å². The quantitative estimate of drug-likeness (QED) is 0.0978. The first-order chi connectivity index (χ1) is 62.0. The largest absolute Gasteiger partial charge is 0.456 e. The second kappa shape index (κ2) is 38.1. The fraction of sp³-hybridized carbons (Fsp3) is 0.0435. The smallest absolute Gasteiger partial charge is 0.187 e. The van der Waals surface area contributed by atoms with Gasteiger partial charge in [-0.3, -0.25) is 0 Å². The third-order valence-electron chi connectivity index (χ3n) is 22.6. The lowest BCUT2D eigenvalue weighted by atomic mass is 9.93. The van der Waals surface area contributed by atoms with E-state index in [-0.39, 0.29) is 4.84 Å². The van der Waals surface area contributed by atoms with Gasteiger partial charge in [0.25, 0.3) is 0 Å². The summed E-state index contributed by atoms with van der Waals surface area (Å²) < 4.78 is 19.2. The van der Waals surface area contributed by atoms with Gasteiger partial charge in [0, 0.05) is 75.2 Å². The summed E-state index contributed by atoms with van der Waals surface area (Å²) in [6.07, 6.45) is 0.887. The Bertz CT molecular complexity index is 8100. The highest BCUT2D eigenvalue weighted by Gasteiger charge is 2.21. The van der Waals surface area contributed by atoms with Crippen LogP contribution in [0.3, 0.4) is 0 Å². The SMILES string of the molecule is Brc1ccc(-c2cccc3ccccc23)cc1.Brc1ccc2c(c1)oc1ccccc12.CC(Cl)(Cl)Cl.CC(Cl)Cl.Nc1cc2ccccc2c2ccccc12.c1ccc2c(-c3ccc(N(c4ccc5c(c4)oc4ccccc45)c4cc5ccccc5c5ccccc45)cc3)cccc2c1.c1ccc2c(c1)cc(Cc1ccc3c(c1)oc1ccccc13)c1ccccc12. The van der Waals surface area contributed by atoms with Crippen molar-refractivity contribution in [2.75, 3.05) is 10.6 Å². The molecule has 0 unspecified atom stereocenters. The fourth-order valence-electron chi connectivity index (χ4n) is 17.0. The number of halogens is 7. The first kappa shape index (κ1) is 84.9. The molecule has 0 radical (unpaired) electrons. The topological polar surface area (TPSA) is 68.7 Å². The molecule has 0 bridgehead atoms. The van der Waals surface area contributed by atoms with Gasteiger partial charge in [-0.2, -0.15) is 0 Å². The Balaban J connectivity index is 0.000000112. The summed E-state index contributed by atoms with van der Waals surface area (Å²) in [5, 5.41) is 27.1. The van der Waals surface area contributed by atoms with Gasteiger partial charge in [-0.15, -0.1) is 23.2 Å². The van der Waals surface area contributed by atoms with Crippen LogP contribution in [0.25, 0.3) is 174 Å². The molecule has 24 aromatic rings. The molecule has 21 aromatic carbocycles. The standard InChI is InChI=1S/C42H27NO.C27H18O.C16H11Br.C14H11N.C12H7BrO.C2H3Cl3.C2H4Cl2/c1-3-13-33-28(10-1)12-9-18-34(33)29-20-22-31(23-21-29)43(32-24-25-39-38-17-7-8-19-41(38)44-42(39)27-32)40-26-30-11-2-4-14-35(30)36-15-5-6-16-37(36)40;1-2-8-21-19(7-1)17-20(22-9-3-4-10-23(21)22)15-18-13-14-25-24-11-5-6-12-26(24)28-27(25)16-18;17-14-10-8-13(9-11-14)16-7-3-5-12-4-1-2-6-15(12)16;15-14-9-10-5-1-2-6-11(10)12-7-3-4-8-13(12)14;13-8-5-6-10-9-3-1-2-4-11(9)14-12(10)7-8;1-2(3,4)5;1-2(3)4/h1-27H;1-14,16-17H,15H2;1-11H;1-9H,15H2;1-7H;1H3;2H,1H3. The maximum atomic E-state index is 6.36. The lowest BCUT2D eigenvalue weighted by Crippen LogP contribution is -2.10. The molecule has 3 aromatic heterocycles. The number of fused-ring (bicyclic) bond motifs is 20. The highest BCUT2D eigenvalue weighted by Crippen LogP contribution is 2.46. The average molecular weight is 1880 g/mol. The summed E-state index contributed by atoms with van der Waals surface area (Å²) in [4.78, 5) is 2.15. The normalized spacial score (nSPS) is 11.3. The molecule has 5 nitrogen and oxygen atoms in total. The van der Waals surface area contributed by atoms with Gasteiger partial charge in [0.15, 0.2) is 3.79 Å². The highest BCUT2D eigenvalue weighted by molar-refractivity contribution is 9.10. The van der Waals surface area contributed by atoms with E-state index in [9.17, 15) is 0 Å². The van der Waals surface area contributed by atoms with Crippen molar-refractivity contribution < 1.29 is 13.3 Å². The van der Waals surface area contributed by atoms with Crippen molar-refractivity contribution in [2.24, 2.45) is 0 Å². The number of hydrogen-bond donors (Lipinski definition) is 1. The van der Waals surface area contributed by atoms with Crippen molar-refractivity contribution in [3.63, 3.8) is 0 Å². The number of benzene rings is 21. The predicted molar refractivity (Wildman–Crippen MR) is 556 cm³/mol. The minimum absolute atomic E-state index is 0.222. The number of rotatable bonds is 7. The van der Waals surface area contributed by atoms with E-state index < -0.39 is 3.79 Å². The molecule has 0 spiro atoms. The molecule has 0 saturated heterocycles. The second-order valence-electron chi connectivity index (χ2n) is 31.1. The molecule has 2 N–H and O–H groups in total. The van der Waals surface area contributed by atoms with E-state index in [1.807, 2.05) is 78.9 Å². The molecule has 0 aliphatic carbocycles. The zero-order chi connectivity index (χ0) is 87.1. The van der Waals surface area contributed by atoms with Crippen molar-refractivity contribution in [1.82, 2.24) is 0 Å². The maximum absolute atomic E-state index is 6.36. The zero-order valence-corrected chi connectivity index (χ0v) is 76.0. The number of nitrogen functional groups attached to an aromatic ring is 1. The van der Waals surface area contributed by atoms with E-state index in [0.29, 0.717) is 0 Å². The highest BCUT2D eigenvalue weighted by atomic mass is 79.9. The van der Waals surface area contributed by atoms with Crippen LogP contribution in [-0.2, 0) is 6.42 Å². The predicted octanol–water partition coefficient (Wildman–Crippen LogP) is 37.0. The average Bonchev–Trinajstić information content (AvgIpc) is 1.65. The van der Waals surface area contributed by atoms with E-state index in [4.69, 9.17) is 77.0 Å². The van der Waals surface area contributed by atoms with Crippen LogP contribution in [0.5, 0.6) is 0 Å². The Morgan fingerprint density at radius 1 is 0.283 bits per heavy atom. The summed E-state index contributed by atoms with van der Waals surface area (Å²) >= 11 is 32.2. The first-order valence-corrected chi connectivity index (χ1v) is 45.4. The van der Waals surface area contributed by atoms with Gasteiger partial charge in [0.2, 0.25) is 0 Å². The number of alkyl halides is 5. The molecular weight excluding hydrogens is 1790 g/mol. The van der Waals surface area contributed by atoms with E-state index in [1.54, 1.807) is 6.92 Å². The number of nitrogens with two attached hydrogens (primary N) is 1. The molecule has 0 aliphatic rings. The summed E-state index contributed by atoms with van der Waals surface area (Å²) in [6.45, 7) is 3.18. The molecule has 127 heavy (non-hydrogen) atoms. The first-order valence-electron chi connectivity index (χ1n) is 41.8. The molecule has 3 heterocycles. The number of furan rings is 3. The molecule has 0 aliphatic heterocycles. The zero-order valence-electron chi connectivity index (χ0n) is 69.1. The van der Waals surface area contributed by atoms with E-state index >= 15 is 0 Å². The fourth-order valence-corrected chi connectivity index (χ4v) is 17.6. The minimum atomic E-state index is -1.08. The van der Waals surface area contributed by atoms with Crippen molar-refractivity contribution in [1.29, 1.82) is 0 Å². The summed E-state index contributed by atoms with van der Waals surface area (Å²) in [5.74, 6) is 0. The molecule has 0 saturated carbocycles. The monoisotopic (exact) mass is 1870 g/mol. The molecule has 0 amide bonds. The van der Waals surface area contributed by atoms with Crippen LogP contribution in [0.2, 0.25) is 0 Å². The number of anilines is 4. The maximum Gasteiger partial charge on any atom is 0.187 e. The van der Waals surface area contributed by atoms with Crippen molar-refractivity contribution in [3.05, 3.63) is 445 Å². The van der Waals surface area contributed by atoms with Crippen LogP contribution < -0.4 is 10.6 Å². The van der Waals surface area contributed by atoms with Gasteiger partial charge in [-0.05, 0) is 220 Å². The Hall–Kier alpha value is -12.9. The Labute approximate surface area is 777 Å². The lowest BCUT2D eigenvalue weighted by molar-refractivity contribution is 0.668. The Kier molecular flexibility index (Phi) is 25.5. The van der Waals surface area contributed by atoms with Crippen molar-refractivity contribution in [2.45, 2.75) is 28.9 Å². The molecule has 618 valence electrons. The molecular formula is C115H81Br2Cl5N2O3. The van der Waals surface area contributed by atoms with Crippen LogP contribution in [0, 0.1) is 0 Å². The molecule has 0 atom stereocenters. The molecule has 24 rings (SSSR count). The number of nitrogens with zero attached hydrogens (tertiary/aromatic N) is 1. The lowest BCUT2D eigenvalue weighted by Gasteiger charge is -2.28. The van der Waals surface area contributed by atoms with Gasteiger partial charge < -0.3 is 23.9 Å². The number of hydrogen-bond acceptors (Lipinski definition) is 5. The third kappa shape index (κ3) is 19.0. The second-order valence-corrected chi connectivity index (χ2v) is 37.3. The molecule has 12 heteroatoms. The minimum Gasteiger partial charge on any atom is -0.456 e. The van der Waals surface area contributed by atoms with Crippen LogP contribution in [-0.4, -0.2) is 8.63 Å². The summed E-state index contributed by atoms with van der Waals surface area (Å²) in [5.41, 5.74) is 23.3. The van der Waals surface area contributed by atoms with E-state index in [2.05, 4.69) is 383 Å². The van der Waals surface area contributed by atoms with Crippen LogP contribution in [0.1, 0.15) is 25.0 Å². The van der Waals surface area contributed by atoms with Gasteiger partial charge in [0.05, 0.1) is 5.69 Å². The van der Waals surface area contributed by atoms with Crippen LogP contribution in [0.15, 0.2) is 447 Å². The van der Waals surface area contributed by atoms with Crippen molar-refractivity contribution >= 4 is 265 Å². The van der Waals surface area contributed by atoms with Gasteiger partial charge in [-0.1, -0.05) is 394 Å². The van der Waals surface area contributed by atoms with E-state index in [1.165, 1.54) is 143 Å².